The minimum Gasteiger partial charge on any atom is -0.477 e. The van der Waals surface area contributed by atoms with Crippen LogP contribution in [-0.2, 0) is 0 Å². The van der Waals surface area contributed by atoms with Gasteiger partial charge in [-0.25, -0.2) is 8.78 Å². The van der Waals surface area contributed by atoms with Crippen LogP contribution >= 0.6 is 0 Å². The van der Waals surface area contributed by atoms with Crippen LogP contribution in [-0.4, -0.2) is 29.8 Å². The first-order valence-corrected chi connectivity index (χ1v) is 9.66. The number of non-ortho nitro benzene ring substituents is 1. The van der Waals surface area contributed by atoms with Crippen LogP contribution in [0.2, 0.25) is 0 Å². The highest BCUT2D eigenvalue weighted by atomic mass is 19.1. The van der Waals surface area contributed by atoms with Gasteiger partial charge in [0, 0.05) is 35.4 Å². The number of nitrogens with one attached hydrogen (secondary N) is 1. The van der Waals surface area contributed by atoms with Crippen molar-refractivity contribution in [3.8, 4) is 5.75 Å². The Morgan fingerprint density at radius 2 is 1.78 bits per heavy atom. The van der Waals surface area contributed by atoms with Crippen molar-refractivity contribution in [2.75, 3.05) is 18.8 Å². The molecule has 32 heavy (non-hydrogen) atoms. The third kappa shape index (κ3) is 3.92. The number of hydrogen-bond donors (Lipinski definition) is 1. The van der Waals surface area contributed by atoms with Crippen LogP contribution in [0.5, 0.6) is 5.75 Å². The van der Waals surface area contributed by atoms with Gasteiger partial charge in [0.25, 0.3) is 5.69 Å². The molecule has 1 aliphatic rings. The minimum atomic E-state index is -1.88. The molecule has 0 aliphatic carbocycles. The monoisotopic (exact) mass is 438 g/mol. The number of fused-ring (bicyclic) bond motifs is 1. The van der Waals surface area contributed by atoms with Crippen molar-refractivity contribution >= 4 is 17.2 Å². The number of nitrogens with zero attached hydrogens (tertiary/aromatic N) is 2. The maximum Gasteiger partial charge on any atom is 0.305 e. The highest BCUT2D eigenvalue weighted by Crippen LogP contribution is 2.40. The van der Waals surface area contributed by atoms with Crippen LogP contribution < -0.4 is 14.8 Å². The summed E-state index contributed by atoms with van der Waals surface area (Å²) in [6, 6.07) is 17.3. The van der Waals surface area contributed by atoms with Gasteiger partial charge in [-0.3, -0.25) is 14.9 Å². The fraction of sp³-hybridized carbons (Fsp3) is 0.130. The van der Waals surface area contributed by atoms with Gasteiger partial charge in [0.15, 0.2) is 5.60 Å². The third-order valence-corrected chi connectivity index (χ3v) is 5.03. The highest BCUT2D eigenvalue weighted by Gasteiger charge is 2.39. The number of benzene rings is 2. The largest absolute Gasteiger partial charge is 0.477 e. The first kappa shape index (κ1) is 21.1. The molecule has 0 unspecified atom stereocenters. The topological polar surface area (TPSA) is 85.4 Å². The van der Waals surface area contributed by atoms with Gasteiger partial charge in [-0.2, -0.15) is 0 Å². The number of pyridine rings is 1. The van der Waals surface area contributed by atoms with E-state index in [2.05, 4.69) is 5.43 Å². The van der Waals surface area contributed by atoms with Gasteiger partial charge in [-0.05, 0) is 30.3 Å². The number of aromatic nitrogens is 1. The summed E-state index contributed by atoms with van der Waals surface area (Å²) in [4.78, 5) is 23.4. The SMILES string of the molecule is O=C(N[n+]1ccccc1C1=CC(CF)(CF)Oc2ccc([N+](=O)[O-])cc21)c1ccccc1. The summed E-state index contributed by atoms with van der Waals surface area (Å²) in [6.45, 7) is -2.29. The quantitative estimate of drug-likeness (QED) is 0.361. The zero-order chi connectivity index (χ0) is 22.7. The Hall–Kier alpha value is -4.14. The van der Waals surface area contributed by atoms with Crippen LogP contribution in [0.3, 0.4) is 0 Å². The van der Waals surface area contributed by atoms with E-state index in [0.717, 1.165) is 0 Å². The number of carbonyl (C=O) groups is 1. The molecule has 1 amide bonds. The zero-order valence-corrected chi connectivity index (χ0v) is 16.7. The van der Waals surface area contributed by atoms with E-state index < -0.39 is 29.8 Å². The molecule has 0 spiro atoms. The maximum absolute atomic E-state index is 13.9. The molecule has 9 heteroatoms. The van der Waals surface area contributed by atoms with Crippen LogP contribution in [0.4, 0.5) is 14.5 Å². The third-order valence-electron chi connectivity index (χ3n) is 5.03. The van der Waals surface area contributed by atoms with Gasteiger partial charge in [0.1, 0.15) is 19.1 Å². The molecule has 1 aliphatic heterocycles. The molecule has 7 nitrogen and oxygen atoms in total. The average molecular weight is 438 g/mol. The van der Waals surface area contributed by atoms with E-state index >= 15 is 0 Å². The summed E-state index contributed by atoms with van der Waals surface area (Å²) < 4.78 is 34.7. The number of amides is 1. The number of nitro benzene ring substituents is 1. The van der Waals surface area contributed by atoms with Crippen molar-refractivity contribution in [2.45, 2.75) is 5.60 Å². The molecule has 0 bridgehead atoms. The number of rotatable bonds is 6. The second-order valence-electron chi connectivity index (χ2n) is 7.19. The van der Waals surface area contributed by atoms with Gasteiger partial charge < -0.3 is 4.74 Å². The molecule has 3 aromatic rings. The van der Waals surface area contributed by atoms with Gasteiger partial charge >= 0.3 is 5.91 Å². The molecule has 0 atom stereocenters. The summed E-state index contributed by atoms with van der Waals surface area (Å²) in [5.74, 6) is -0.301. The Labute approximate surface area is 181 Å². The molecular formula is C23H18F2N3O4+. The fourth-order valence-corrected chi connectivity index (χ4v) is 3.42. The molecule has 1 aromatic heterocycles. The molecule has 4 rings (SSSR count). The normalized spacial score (nSPS) is 14.0. The molecule has 162 valence electrons. The lowest BCUT2D eigenvalue weighted by atomic mass is 9.91. The van der Waals surface area contributed by atoms with Gasteiger partial charge in [0.05, 0.1) is 10.5 Å². The predicted octanol–water partition coefficient (Wildman–Crippen LogP) is 3.77. The van der Waals surface area contributed by atoms with Crippen molar-refractivity contribution in [2.24, 2.45) is 0 Å². The second kappa shape index (κ2) is 8.54. The summed E-state index contributed by atoms with van der Waals surface area (Å²) in [5.41, 5.74) is 2.00. The number of nitro groups is 1. The molecule has 0 radical (unpaired) electrons. The Balaban J connectivity index is 1.84. The van der Waals surface area contributed by atoms with E-state index in [1.54, 1.807) is 54.7 Å². The van der Waals surface area contributed by atoms with Crippen LogP contribution in [0.1, 0.15) is 21.6 Å². The number of carbonyl (C=O) groups excluding carboxylic acids is 1. The van der Waals surface area contributed by atoms with E-state index in [4.69, 9.17) is 4.74 Å². The summed E-state index contributed by atoms with van der Waals surface area (Å²) in [5, 5.41) is 11.3. The van der Waals surface area contributed by atoms with Crippen molar-refractivity contribution < 1.29 is 27.9 Å². The number of halogens is 2. The maximum atomic E-state index is 13.9. The zero-order valence-electron chi connectivity index (χ0n) is 16.7. The minimum absolute atomic E-state index is 0.105. The predicted molar refractivity (Wildman–Crippen MR) is 112 cm³/mol. The van der Waals surface area contributed by atoms with Crippen LogP contribution in [0, 0.1) is 10.1 Å². The molecule has 0 fully saturated rings. The first-order valence-electron chi connectivity index (χ1n) is 9.66. The lowest BCUT2D eigenvalue weighted by Gasteiger charge is -2.32. The summed E-state index contributed by atoms with van der Waals surface area (Å²) in [7, 11) is 0. The summed E-state index contributed by atoms with van der Waals surface area (Å²) in [6.07, 6.45) is 2.83. The molecule has 2 heterocycles. The van der Waals surface area contributed by atoms with Crippen molar-refractivity contribution in [3.05, 3.63) is 106 Å². The van der Waals surface area contributed by atoms with Gasteiger partial charge in [-0.15, -0.1) is 5.43 Å². The number of alkyl halides is 2. The highest BCUT2D eigenvalue weighted by molar-refractivity contribution is 5.98. The number of ether oxygens (including phenoxy) is 1. The smallest absolute Gasteiger partial charge is 0.305 e. The van der Waals surface area contributed by atoms with E-state index in [1.807, 2.05) is 0 Å². The average Bonchev–Trinajstić information content (AvgIpc) is 2.83. The Bertz CT molecular complexity index is 1210. The van der Waals surface area contributed by atoms with Crippen LogP contribution in [0.25, 0.3) is 5.57 Å². The Morgan fingerprint density at radius 3 is 2.47 bits per heavy atom. The fourth-order valence-electron chi connectivity index (χ4n) is 3.42. The van der Waals surface area contributed by atoms with Crippen molar-refractivity contribution in [3.63, 3.8) is 0 Å². The van der Waals surface area contributed by atoms with Gasteiger partial charge in [-0.1, -0.05) is 22.9 Å². The van der Waals surface area contributed by atoms with E-state index in [0.29, 0.717) is 16.8 Å². The van der Waals surface area contributed by atoms with Gasteiger partial charge in [0.2, 0.25) is 11.9 Å². The molecular weight excluding hydrogens is 420 g/mol. The molecule has 2 aromatic carbocycles. The second-order valence-corrected chi connectivity index (χ2v) is 7.19. The summed E-state index contributed by atoms with van der Waals surface area (Å²) >= 11 is 0. The first-order chi connectivity index (χ1) is 15.5. The number of hydrogen-bond acceptors (Lipinski definition) is 4. The van der Waals surface area contributed by atoms with E-state index in [9.17, 15) is 23.7 Å². The Kier molecular flexibility index (Phi) is 5.63. The van der Waals surface area contributed by atoms with Crippen molar-refractivity contribution in [1.82, 2.24) is 0 Å². The molecule has 1 N–H and O–H groups in total. The Morgan fingerprint density at radius 1 is 1.06 bits per heavy atom. The van der Waals surface area contributed by atoms with E-state index in [1.165, 1.54) is 29.0 Å². The molecule has 0 saturated carbocycles. The lowest BCUT2D eigenvalue weighted by molar-refractivity contribution is -0.643. The standard InChI is InChI=1S/C23H17F2N3O4/c24-14-23(15-25)13-19(18-12-17(28(30)31)9-10-21(18)32-23)20-8-4-5-11-27(20)26-22(29)16-6-2-1-3-7-16/h1-13H,14-15H2/p+1. The van der Waals surface area contributed by atoms with Crippen LogP contribution in [0.15, 0.2) is 79.0 Å². The van der Waals surface area contributed by atoms with E-state index in [-0.39, 0.29) is 17.0 Å². The molecule has 0 saturated heterocycles. The van der Waals surface area contributed by atoms with Crippen molar-refractivity contribution in [1.29, 1.82) is 0 Å². The lowest BCUT2D eigenvalue weighted by Crippen LogP contribution is -2.51.